The van der Waals surface area contributed by atoms with Gasteiger partial charge in [-0.25, -0.2) is 8.42 Å². The molecule has 0 aliphatic heterocycles. The SMILES string of the molecule is CC(=O)OCCc1ccc(S(=O)(=O)CO)cc1. The van der Waals surface area contributed by atoms with Crippen molar-refractivity contribution in [2.75, 3.05) is 12.5 Å². The Morgan fingerprint density at radius 1 is 1.29 bits per heavy atom. The molecule has 6 heteroatoms. The zero-order valence-electron chi connectivity index (χ0n) is 9.42. The minimum Gasteiger partial charge on any atom is -0.466 e. The Morgan fingerprint density at radius 2 is 1.88 bits per heavy atom. The lowest BCUT2D eigenvalue weighted by Gasteiger charge is -2.04. The normalized spacial score (nSPS) is 11.2. The summed E-state index contributed by atoms with van der Waals surface area (Å²) < 4.78 is 27.4. The van der Waals surface area contributed by atoms with Crippen molar-refractivity contribution in [3.8, 4) is 0 Å². The second-order valence-corrected chi connectivity index (χ2v) is 5.44. The Kier molecular flexibility index (Phi) is 4.65. The first kappa shape index (κ1) is 13.7. The van der Waals surface area contributed by atoms with Crippen LogP contribution in [0.2, 0.25) is 0 Å². The Morgan fingerprint density at radius 3 is 2.35 bits per heavy atom. The minimum absolute atomic E-state index is 0.0798. The number of aliphatic hydroxyl groups excluding tert-OH is 1. The fourth-order valence-corrected chi connectivity index (χ4v) is 1.95. The lowest BCUT2D eigenvalue weighted by atomic mass is 10.2. The van der Waals surface area contributed by atoms with Gasteiger partial charge in [0.1, 0.15) is 5.94 Å². The molecule has 1 rings (SSSR count). The molecule has 5 nitrogen and oxygen atoms in total. The predicted molar refractivity (Wildman–Crippen MR) is 61.1 cm³/mol. The number of carbonyl (C=O) groups is 1. The standard InChI is InChI=1S/C11H14O5S/c1-9(13)16-7-6-10-2-4-11(5-3-10)17(14,15)8-12/h2-5,12H,6-8H2,1H3. The quantitative estimate of drug-likeness (QED) is 0.778. The fourth-order valence-electron chi connectivity index (χ4n) is 1.25. The van der Waals surface area contributed by atoms with E-state index in [4.69, 9.17) is 9.84 Å². The molecule has 1 N–H and O–H groups in total. The van der Waals surface area contributed by atoms with Gasteiger partial charge in [0.15, 0.2) is 0 Å². The molecule has 0 amide bonds. The van der Waals surface area contributed by atoms with Gasteiger partial charge in [-0.15, -0.1) is 0 Å². The van der Waals surface area contributed by atoms with Crippen LogP contribution in [0.5, 0.6) is 0 Å². The van der Waals surface area contributed by atoms with Crippen LogP contribution in [-0.2, 0) is 25.8 Å². The first-order chi connectivity index (χ1) is 7.95. The second kappa shape index (κ2) is 5.79. The monoisotopic (exact) mass is 258 g/mol. The highest BCUT2D eigenvalue weighted by Crippen LogP contribution is 2.12. The molecule has 0 aromatic heterocycles. The van der Waals surface area contributed by atoms with Crippen molar-refractivity contribution in [2.45, 2.75) is 18.2 Å². The van der Waals surface area contributed by atoms with Gasteiger partial charge in [0.2, 0.25) is 9.84 Å². The summed E-state index contributed by atoms with van der Waals surface area (Å²) >= 11 is 0. The van der Waals surface area contributed by atoms with Gasteiger partial charge in [-0.1, -0.05) is 12.1 Å². The molecule has 0 unspecified atom stereocenters. The summed E-state index contributed by atoms with van der Waals surface area (Å²) in [7, 11) is -3.58. The average molecular weight is 258 g/mol. The number of sulfone groups is 1. The number of benzene rings is 1. The van der Waals surface area contributed by atoms with Gasteiger partial charge in [-0.3, -0.25) is 4.79 Å². The molecule has 1 aromatic rings. The van der Waals surface area contributed by atoms with Crippen LogP contribution in [0.25, 0.3) is 0 Å². The molecule has 94 valence electrons. The number of carbonyl (C=O) groups excluding carboxylic acids is 1. The molecule has 0 bridgehead atoms. The molecular formula is C11H14O5S. The predicted octanol–water partition coefficient (Wildman–Crippen LogP) is 0.516. The van der Waals surface area contributed by atoms with Crippen molar-refractivity contribution in [3.63, 3.8) is 0 Å². The molecule has 0 radical (unpaired) electrons. The van der Waals surface area contributed by atoms with E-state index in [0.29, 0.717) is 6.42 Å². The third-order valence-electron chi connectivity index (χ3n) is 2.15. The number of rotatable bonds is 5. The Labute approximate surface area is 100.0 Å². The summed E-state index contributed by atoms with van der Waals surface area (Å²) in [6, 6.07) is 6.11. The van der Waals surface area contributed by atoms with Gasteiger partial charge < -0.3 is 9.84 Å². The zero-order valence-corrected chi connectivity index (χ0v) is 10.2. The van der Waals surface area contributed by atoms with E-state index < -0.39 is 15.8 Å². The van der Waals surface area contributed by atoms with E-state index >= 15 is 0 Å². The van der Waals surface area contributed by atoms with Gasteiger partial charge in [-0.05, 0) is 17.7 Å². The Bertz CT molecular complexity index is 475. The highest BCUT2D eigenvalue weighted by molar-refractivity contribution is 7.91. The fraction of sp³-hybridized carbons (Fsp3) is 0.364. The summed E-state index contributed by atoms with van der Waals surface area (Å²) in [6.45, 7) is 1.60. The number of esters is 1. The number of hydrogen-bond acceptors (Lipinski definition) is 5. The van der Waals surface area contributed by atoms with Gasteiger partial charge in [0.25, 0.3) is 0 Å². The van der Waals surface area contributed by atoms with Crippen LogP contribution in [0.15, 0.2) is 29.2 Å². The third-order valence-corrected chi connectivity index (χ3v) is 3.48. The summed E-state index contributed by atoms with van der Waals surface area (Å²) in [6.07, 6.45) is 0.527. The maximum Gasteiger partial charge on any atom is 0.302 e. The molecule has 17 heavy (non-hydrogen) atoms. The molecule has 0 heterocycles. The van der Waals surface area contributed by atoms with Crippen LogP contribution in [-0.4, -0.2) is 32.0 Å². The van der Waals surface area contributed by atoms with Gasteiger partial charge in [-0.2, -0.15) is 0 Å². The summed E-state index contributed by atoms with van der Waals surface area (Å²) in [5.74, 6) is -1.25. The number of hydrogen-bond donors (Lipinski definition) is 1. The van der Waals surface area contributed by atoms with Crippen molar-refractivity contribution in [1.82, 2.24) is 0 Å². The molecule has 1 aromatic carbocycles. The number of aliphatic hydroxyl groups is 1. The van der Waals surface area contributed by atoms with Crippen LogP contribution >= 0.6 is 0 Å². The summed E-state index contributed by atoms with van der Waals surface area (Å²) in [5, 5.41) is 8.67. The molecular weight excluding hydrogens is 244 g/mol. The average Bonchev–Trinajstić information content (AvgIpc) is 2.29. The van der Waals surface area contributed by atoms with Gasteiger partial charge >= 0.3 is 5.97 Å². The Hall–Kier alpha value is -1.40. The molecule has 0 spiro atoms. The first-order valence-corrected chi connectivity index (χ1v) is 6.67. The maximum absolute atomic E-state index is 11.3. The largest absolute Gasteiger partial charge is 0.466 e. The zero-order chi connectivity index (χ0) is 12.9. The lowest BCUT2D eigenvalue weighted by molar-refractivity contribution is -0.140. The highest BCUT2D eigenvalue weighted by Gasteiger charge is 2.11. The van der Waals surface area contributed by atoms with Gasteiger partial charge in [0.05, 0.1) is 11.5 Å². The lowest BCUT2D eigenvalue weighted by Crippen LogP contribution is -2.06. The molecule has 0 atom stereocenters. The molecule has 0 aliphatic rings. The molecule has 0 saturated carbocycles. The van der Waals surface area contributed by atoms with Crippen molar-refractivity contribution >= 4 is 15.8 Å². The number of ether oxygens (including phenoxy) is 1. The van der Waals surface area contributed by atoms with Crippen LogP contribution in [0.4, 0.5) is 0 Å². The van der Waals surface area contributed by atoms with E-state index in [-0.39, 0.29) is 17.5 Å². The topological polar surface area (TPSA) is 80.7 Å². The molecule has 0 fully saturated rings. The molecule has 0 saturated heterocycles. The minimum atomic E-state index is -3.58. The van der Waals surface area contributed by atoms with Crippen molar-refractivity contribution in [3.05, 3.63) is 29.8 Å². The van der Waals surface area contributed by atoms with Crippen molar-refractivity contribution in [1.29, 1.82) is 0 Å². The Balaban J connectivity index is 2.66. The highest BCUT2D eigenvalue weighted by atomic mass is 32.2. The van der Waals surface area contributed by atoms with Crippen LogP contribution < -0.4 is 0 Å². The van der Waals surface area contributed by atoms with E-state index in [0.717, 1.165) is 5.56 Å². The van der Waals surface area contributed by atoms with Gasteiger partial charge in [0, 0.05) is 13.3 Å². The smallest absolute Gasteiger partial charge is 0.302 e. The van der Waals surface area contributed by atoms with Crippen molar-refractivity contribution in [2.24, 2.45) is 0 Å². The van der Waals surface area contributed by atoms with Crippen LogP contribution in [0.1, 0.15) is 12.5 Å². The van der Waals surface area contributed by atoms with E-state index in [1.165, 1.54) is 19.1 Å². The third kappa shape index (κ3) is 4.16. The molecule has 0 aliphatic carbocycles. The van der Waals surface area contributed by atoms with E-state index in [1.807, 2.05) is 0 Å². The second-order valence-electron chi connectivity index (χ2n) is 3.48. The van der Waals surface area contributed by atoms with E-state index in [2.05, 4.69) is 0 Å². The first-order valence-electron chi connectivity index (χ1n) is 5.01. The van der Waals surface area contributed by atoms with Crippen molar-refractivity contribution < 1.29 is 23.1 Å². The van der Waals surface area contributed by atoms with E-state index in [1.54, 1.807) is 12.1 Å². The maximum atomic E-state index is 11.3. The van der Waals surface area contributed by atoms with Crippen LogP contribution in [0.3, 0.4) is 0 Å². The summed E-state index contributed by atoms with van der Waals surface area (Å²) in [4.78, 5) is 10.6. The summed E-state index contributed by atoms with van der Waals surface area (Å²) in [5.41, 5.74) is 0.864. The van der Waals surface area contributed by atoms with E-state index in [9.17, 15) is 13.2 Å². The van der Waals surface area contributed by atoms with Crippen LogP contribution in [0, 0.1) is 0 Å².